The molecule has 2 aliphatic heterocycles. The number of hydrogen-bond donors (Lipinski definition) is 0. The number of benzene rings is 9. The van der Waals surface area contributed by atoms with Gasteiger partial charge >= 0.3 is 0 Å². The van der Waals surface area contributed by atoms with Crippen LogP contribution in [0.25, 0.3) is 67.9 Å². The van der Waals surface area contributed by atoms with Crippen LogP contribution < -0.4 is 4.74 Å². The van der Waals surface area contributed by atoms with E-state index in [9.17, 15) is 9.59 Å². The first-order valence-electron chi connectivity index (χ1n) is 38.5. The summed E-state index contributed by atoms with van der Waals surface area (Å²) in [7, 11) is 0. The molecule has 2 saturated heterocycles. The number of nitrogens with zero attached hydrogens (tertiary/aromatic N) is 9. The van der Waals surface area contributed by atoms with Crippen LogP contribution in [0.3, 0.4) is 0 Å². The number of aromatic nitrogens is 7. The molecule has 0 radical (unpaired) electrons. The average Bonchev–Trinajstić information content (AvgIpc) is 1.63. The third-order valence-electron chi connectivity index (χ3n) is 20.6. The molecule has 2 fully saturated rings. The lowest BCUT2D eigenvalue weighted by Gasteiger charge is -2.26. The van der Waals surface area contributed by atoms with Crippen LogP contribution >= 0.6 is 15.9 Å². The van der Waals surface area contributed by atoms with Crippen molar-refractivity contribution in [2.24, 2.45) is 0 Å². The Hall–Kier alpha value is -12.2. The van der Waals surface area contributed by atoms with Crippen LogP contribution in [0.4, 0.5) is 0 Å². The van der Waals surface area contributed by atoms with E-state index in [4.69, 9.17) is 4.74 Å². The van der Waals surface area contributed by atoms with Crippen molar-refractivity contribution in [2.75, 3.05) is 26.2 Å². The summed E-state index contributed by atoms with van der Waals surface area (Å²) in [5, 5.41) is 4.52. The molecule has 9 aromatic carbocycles. The molecule has 0 N–H and O–H groups in total. The standard InChI is InChI=1S/C23H24N2O.C22H22N2O.C19H19NO.C17H14BrN.C17H19N3/c1-18-21(23(26)24-15-9-4-10-16-24)17-22(19-11-5-2-6-12-19)25(18)20-13-7-3-8-14-20;1-17-20(22(25)23-14-8-9-15-23)16-21(18-10-4-2-5-11-18)24(17)19-12-6-3-7-13-19;1-15-8-9-16(2)20(15)18-10-12-19(13-11-18)21-14-17-6-4-3-5-7-17;1-13-7-12-17(14-5-3-2-4-6-14)19(13)16-10-8-15(18)9-11-16;1-12-11-15(4)20(18-12)17-9-7-16(8-10-17)19-13(2)5-6-14(19)3/h2-3,5-8,11-14,17H,4,9-10,15-16H2,1H3;2-7,10-13,16H,8-9,14-15H2,1H3;3-13H,14H2,1-2H3;2-12H,1H3;5-11H,1-4H3. The predicted octanol–water partition coefficient (Wildman–Crippen LogP) is 23.6. The van der Waals surface area contributed by atoms with Crippen molar-refractivity contribution >= 4 is 27.7 Å². The van der Waals surface area contributed by atoms with E-state index in [-0.39, 0.29) is 11.8 Å². The molecule has 13 heteroatoms. The molecular formula is C98H98BrN9O3. The van der Waals surface area contributed by atoms with Crippen LogP contribution in [0.2, 0.25) is 0 Å². The fourth-order valence-electron chi connectivity index (χ4n) is 15.0. The van der Waals surface area contributed by atoms with Crippen molar-refractivity contribution in [2.45, 2.75) is 101 Å². The van der Waals surface area contributed by atoms with Gasteiger partial charge in [-0.3, -0.25) is 9.59 Å². The van der Waals surface area contributed by atoms with Gasteiger partial charge in [0, 0.05) is 105 Å². The Morgan fingerprint density at radius 3 is 1.07 bits per heavy atom. The lowest BCUT2D eigenvalue weighted by molar-refractivity contribution is 0.0722. The molecule has 12 nitrogen and oxygen atoms in total. The molecule has 8 heterocycles. The predicted molar refractivity (Wildman–Crippen MR) is 458 cm³/mol. The van der Waals surface area contributed by atoms with E-state index in [1.807, 2.05) is 138 Å². The van der Waals surface area contributed by atoms with E-state index < -0.39 is 0 Å². The van der Waals surface area contributed by atoms with E-state index in [0.29, 0.717) is 6.61 Å². The summed E-state index contributed by atoms with van der Waals surface area (Å²) < 4.78 is 20.1. The zero-order chi connectivity index (χ0) is 77.3. The van der Waals surface area contributed by atoms with Crippen LogP contribution in [0.1, 0.15) is 110 Å². The minimum absolute atomic E-state index is 0.155. The molecule has 17 rings (SSSR count). The Bertz CT molecular complexity index is 5470. The van der Waals surface area contributed by atoms with Gasteiger partial charge in [0.25, 0.3) is 11.8 Å². The smallest absolute Gasteiger partial charge is 0.255 e. The van der Waals surface area contributed by atoms with Gasteiger partial charge in [-0.25, -0.2) is 4.68 Å². The second-order valence-corrected chi connectivity index (χ2v) is 29.5. The van der Waals surface area contributed by atoms with Crippen molar-refractivity contribution in [3.05, 3.63) is 382 Å². The van der Waals surface area contributed by atoms with Gasteiger partial charge in [-0.15, -0.1) is 0 Å². The molecule has 6 aromatic heterocycles. The SMILES string of the molecule is Cc1c(C(=O)N2CCCC2)cc(-c2ccccc2)n1-c1ccccc1.Cc1c(C(=O)N2CCCCC2)cc(-c2ccccc2)n1-c1ccccc1.Cc1cc(C)n(-c2ccc(-n3c(C)ccc3C)cc2)n1.Cc1ccc(-c2ccccc2)n1-c1ccc(Br)cc1.Cc1ccc(C)n1-c1ccc(OCc2ccccc2)cc1. The van der Waals surface area contributed by atoms with E-state index in [0.717, 1.165) is 136 Å². The Kier molecular flexibility index (Phi) is 25.2. The van der Waals surface area contributed by atoms with Crippen molar-refractivity contribution in [1.82, 2.24) is 42.4 Å². The fraction of sp³-hybridized carbons (Fsp3) is 0.194. The maximum Gasteiger partial charge on any atom is 0.255 e. The number of carbonyl (C=O) groups is 2. The number of halogens is 1. The number of rotatable bonds is 14. The largest absolute Gasteiger partial charge is 0.489 e. The third kappa shape index (κ3) is 18.4. The van der Waals surface area contributed by atoms with Crippen LogP contribution in [0.15, 0.2) is 314 Å². The molecule has 0 saturated carbocycles. The second-order valence-electron chi connectivity index (χ2n) is 28.5. The summed E-state index contributed by atoms with van der Waals surface area (Å²) in [6.07, 6.45) is 5.65. The number of likely N-dealkylation sites (tertiary alicyclic amines) is 2. The first kappa shape index (κ1) is 77.0. The van der Waals surface area contributed by atoms with Crippen LogP contribution in [0, 0.1) is 62.3 Å². The highest BCUT2D eigenvalue weighted by molar-refractivity contribution is 9.10. The number of carbonyl (C=O) groups excluding carboxylic acids is 2. The minimum atomic E-state index is 0.155. The zero-order valence-corrected chi connectivity index (χ0v) is 66.7. The number of hydrogen-bond acceptors (Lipinski definition) is 4. The Balaban J connectivity index is 0.000000122. The average molecular weight is 1530 g/mol. The molecule has 15 aromatic rings. The van der Waals surface area contributed by atoms with E-state index >= 15 is 0 Å². The summed E-state index contributed by atoms with van der Waals surface area (Å²) in [6, 6.07) is 106. The third-order valence-corrected chi connectivity index (χ3v) is 21.2. The Labute approximate surface area is 662 Å². The van der Waals surface area contributed by atoms with E-state index in [1.54, 1.807) is 0 Å². The van der Waals surface area contributed by atoms with Gasteiger partial charge in [0.1, 0.15) is 12.4 Å². The van der Waals surface area contributed by atoms with Crippen molar-refractivity contribution in [1.29, 1.82) is 0 Å². The molecule has 0 aliphatic carbocycles. The highest BCUT2D eigenvalue weighted by Crippen LogP contribution is 2.34. The van der Waals surface area contributed by atoms with Crippen molar-refractivity contribution in [3.63, 3.8) is 0 Å². The summed E-state index contributed by atoms with van der Waals surface area (Å²) in [6.45, 7) is 22.9. The Morgan fingerprint density at radius 2 is 0.658 bits per heavy atom. The van der Waals surface area contributed by atoms with Gasteiger partial charge in [-0.1, -0.05) is 174 Å². The van der Waals surface area contributed by atoms with Gasteiger partial charge in [-0.2, -0.15) is 5.10 Å². The minimum Gasteiger partial charge on any atom is -0.489 e. The number of ether oxygens (including phenoxy) is 1. The van der Waals surface area contributed by atoms with Crippen LogP contribution in [-0.4, -0.2) is 80.4 Å². The number of piperidine rings is 1. The lowest BCUT2D eigenvalue weighted by atomic mass is 10.1. The number of amides is 2. The molecule has 111 heavy (non-hydrogen) atoms. The van der Waals surface area contributed by atoms with Crippen molar-refractivity contribution < 1.29 is 14.3 Å². The molecule has 560 valence electrons. The second kappa shape index (κ2) is 36.3. The van der Waals surface area contributed by atoms with Gasteiger partial charge in [0.15, 0.2) is 0 Å². The zero-order valence-electron chi connectivity index (χ0n) is 65.1. The molecule has 2 aliphatic rings. The highest BCUT2D eigenvalue weighted by atomic mass is 79.9. The first-order chi connectivity index (χ1) is 54.1. The summed E-state index contributed by atoms with van der Waals surface area (Å²) in [5.74, 6) is 1.21. The maximum absolute atomic E-state index is 13.2. The molecule has 2 amide bonds. The lowest BCUT2D eigenvalue weighted by Crippen LogP contribution is -2.35. The summed E-state index contributed by atoms with van der Waals surface area (Å²) >= 11 is 3.48. The quantitative estimate of drug-likeness (QED) is 0.108. The molecule has 0 unspecified atom stereocenters. The maximum atomic E-state index is 13.2. The van der Waals surface area contributed by atoms with E-state index in [1.165, 1.54) is 68.8 Å². The molecule has 0 spiro atoms. The van der Waals surface area contributed by atoms with Gasteiger partial charge < -0.3 is 37.4 Å². The van der Waals surface area contributed by atoms with E-state index in [2.05, 4.69) is 293 Å². The normalized spacial score (nSPS) is 12.3. The fourth-order valence-corrected chi connectivity index (χ4v) is 15.3. The van der Waals surface area contributed by atoms with Gasteiger partial charge in [-0.05, 0) is 268 Å². The summed E-state index contributed by atoms with van der Waals surface area (Å²) in [4.78, 5) is 30.2. The van der Waals surface area contributed by atoms with Crippen LogP contribution in [-0.2, 0) is 6.61 Å². The molecule has 0 atom stereocenters. The monoisotopic (exact) mass is 1530 g/mol. The van der Waals surface area contributed by atoms with Gasteiger partial charge in [0.05, 0.1) is 39.6 Å². The molecular weight excluding hydrogens is 1430 g/mol. The molecule has 0 bridgehead atoms. The number of aryl methyl sites for hydroxylation is 7. The topological polar surface area (TPSA) is 92.3 Å². The van der Waals surface area contributed by atoms with Crippen LogP contribution in [0.5, 0.6) is 5.75 Å². The Morgan fingerprint density at radius 1 is 0.324 bits per heavy atom. The number of para-hydroxylation sites is 2. The highest BCUT2D eigenvalue weighted by Gasteiger charge is 2.27. The summed E-state index contributed by atoms with van der Waals surface area (Å²) in [5.41, 5.74) is 26.9. The van der Waals surface area contributed by atoms with Gasteiger partial charge in [0.2, 0.25) is 0 Å². The first-order valence-corrected chi connectivity index (χ1v) is 39.3. The van der Waals surface area contributed by atoms with Crippen molar-refractivity contribution in [3.8, 4) is 73.6 Å².